The summed E-state index contributed by atoms with van der Waals surface area (Å²) in [5.74, 6) is 0. The van der Waals surface area contributed by atoms with Gasteiger partial charge < -0.3 is 9.88 Å². The zero-order chi connectivity index (χ0) is 13.8. The molecule has 0 saturated heterocycles. The quantitative estimate of drug-likeness (QED) is 0.768. The monoisotopic (exact) mass is 265 g/mol. The van der Waals surface area contributed by atoms with Gasteiger partial charge in [0, 0.05) is 37.1 Å². The van der Waals surface area contributed by atoms with Crippen molar-refractivity contribution in [1.82, 2.24) is 14.9 Å². The van der Waals surface area contributed by atoms with Gasteiger partial charge in [0.25, 0.3) is 0 Å². The van der Waals surface area contributed by atoms with E-state index in [1.54, 1.807) is 0 Å². The summed E-state index contributed by atoms with van der Waals surface area (Å²) in [6.45, 7) is 4.96. The summed E-state index contributed by atoms with van der Waals surface area (Å²) in [7, 11) is 0. The van der Waals surface area contributed by atoms with Crippen LogP contribution in [0.1, 0.15) is 18.1 Å². The lowest BCUT2D eigenvalue weighted by molar-refractivity contribution is 0.721. The molecular weight excluding hydrogens is 246 g/mol. The second kappa shape index (κ2) is 5.88. The number of hydrogen-bond donors (Lipinski definition) is 1. The highest BCUT2D eigenvalue weighted by atomic mass is 14.9. The highest BCUT2D eigenvalue weighted by Crippen LogP contribution is 2.14. The van der Waals surface area contributed by atoms with Gasteiger partial charge in [-0.05, 0) is 41.9 Å². The Labute approximate surface area is 119 Å². The smallest absolute Gasteiger partial charge is 0.0702 e. The average molecular weight is 265 g/mol. The molecule has 2 heterocycles. The number of hydrogen-bond acceptors (Lipinski definition) is 2. The van der Waals surface area contributed by atoms with Crippen LogP contribution in [-0.4, -0.2) is 16.1 Å². The number of rotatable bonds is 5. The summed E-state index contributed by atoms with van der Waals surface area (Å²) in [4.78, 5) is 4.35. The topological polar surface area (TPSA) is 29.9 Å². The van der Waals surface area contributed by atoms with Crippen LogP contribution in [0.5, 0.6) is 0 Å². The molecule has 0 aliphatic rings. The Hall–Kier alpha value is -2.13. The first kappa shape index (κ1) is 12.9. The molecule has 0 aliphatic carbocycles. The van der Waals surface area contributed by atoms with E-state index in [1.807, 2.05) is 12.3 Å². The van der Waals surface area contributed by atoms with Gasteiger partial charge in [-0.2, -0.15) is 0 Å². The van der Waals surface area contributed by atoms with Gasteiger partial charge >= 0.3 is 0 Å². The maximum absolute atomic E-state index is 4.35. The molecule has 102 valence electrons. The average Bonchev–Trinajstić information content (AvgIpc) is 2.92. The summed E-state index contributed by atoms with van der Waals surface area (Å²) in [5.41, 5.74) is 3.68. The molecule has 20 heavy (non-hydrogen) atoms. The van der Waals surface area contributed by atoms with Crippen molar-refractivity contribution < 1.29 is 0 Å². The van der Waals surface area contributed by atoms with E-state index < -0.39 is 0 Å². The Morgan fingerprint density at radius 2 is 2.10 bits per heavy atom. The molecule has 3 aromatic rings. The Kier molecular flexibility index (Phi) is 3.79. The molecule has 0 saturated carbocycles. The summed E-state index contributed by atoms with van der Waals surface area (Å²) >= 11 is 0. The van der Waals surface area contributed by atoms with Crippen LogP contribution in [-0.2, 0) is 13.1 Å². The van der Waals surface area contributed by atoms with Crippen molar-refractivity contribution in [2.24, 2.45) is 0 Å². The highest BCUT2D eigenvalue weighted by molar-refractivity contribution is 5.78. The van der Waals surface area contributed by atoms with Gasteiger partial charge in [0.2, 0.25) is 0 Å². The van der Waals surface area contributed by atoms with Crippen molar-refractivity contribution in [1.29, 1.82) is 0 Å². The summed E-state index contributed by atoms with van der Waals surface area (Å²) < 4.78 is 2.23. The second-order valence-electron chi connectivity index (χ2n) is 5.00. The largest absolute Gasteiger partial charge is 0.350 e. The van der Waals surface area contributed by atoms with Gasteiger partial charge in [0.15, 0.2) is 0 Å². The third kappa shape index (κ3) is 2.89. The molecule has 0 amide bonds. The standard InChI is InChI=1S/C17H19N3/c1-2-18-11-15-7-9-20(13-15)12-14-5-6-17-16(10-14)4-3-8-19-17/h3-10,13,18H,2,11-12H2,1H3. The van der Waals surface area contributed by atoms with Crippen LogP contribution in [0.25, 0.3) is 10.9 Å². The summed E-state index contributed by atoms with van der Waals surface area (Å²) in [6.07, 6.45) is 6.18. The van der Waals surface area contributed by atoms with Gasteiger partial charge in [-0.15, -0.1) is 0 Å². The number of nitrogens with zero attached hydrogens (tertiary/aromatic N) is 2. The van der Waals surface area contributed by atoms with E-state index >= 15 is 0 Å². The lowest BCUT2D eigenvalue weighted by atomic mass is 10.1. The molecule has 1 aromatic carbocycles. The van der Waals surface area contributed by atoms with Crippen molar-refractivity contribution >= 4 is 10.9 Å². The number of aromatic nitrogens is 2. The Morgan fingerprint density at radius 3 is 3.00 bits per heavy atom. The molecule has 3 heteroatoms. The first-order valence-corrected chi connectivity index (χ1v) is 7.04. The van der Waals surface area contributed by atoms with Crippen molar-refractivity contribution in [2.75, 3.05) is 6.54 Å². The lowest BCUT2D eigenvalue weighted by Crippen LogP contribution is -2.11. The van der Waals surface area contributed by atoms with Crippen LogP contribution in [0.3, 0.4) is 0 Å². The van der Waals surface area contributed by atoms with Crippen molar-refractivity contribution in [3.05, 3.63) is 66.1 Å². The normalized spacial score (nSPS) is 11.1. The fourth-order valence-electron chi connectivity index (χ4n) is 2.40. The SMILES string of the molecule is CCNCc1ccn(Cc2ccc3ncccc3c2)c1. The molecule has 0 radical (unpaired) electrons. The first-order valence-electron chi connectivity index (χ1n) is 7.04. The Morgan fingerprint density at radius 1 is 1.15 bits per heavy atom. The van der Waals surface area contributed by atoms with Gasteiger partial charge in [-0.1, -0.05) is 19.1 Å². The molecule has 0 fully saturated rings. The van der Waals surface area contributed by atoms with Crippen LogP contribution >= 0.6 is 0 Å². The van der Waals surface area contributed by atoms with Crippen LogP contribution < -0.4 is 5.32 Å². The minimum atomic E-state index is 0.900. The van der Waals surface area contributed by atoms with E-state index in [9.17, 15) is 0 Å². The zero-order valence-electron chi connectivity index (χ0n) is 11.7. The maximum atomic E-state index is 4.35. The number of fused-ring (bicyclic) bond motifs is 1. The molecular formula is C17H19N3. The van der Waals surface area contributed by atoms with Crippen LogP contribution in [0.2, 0.25) is 0 Å². The fraction of sp³-hybridized carbons (Fsp3) is 0.235. The van der Waals surface area contributed by atoms with Gasteiger partial charge in [0.05, 0.1) is 5.52 Å². The molecule has 0 aliphatic heterocycles. The fourth-order valence-corrected chi connectivity index (χ4v) is 2.40. The molecule has 0 unspecified atom stereocenters. The van der Waals surface area contributed by atoms with Gasteiger partial charge in [-0.25, -0.2) is 0 Å². The van der Waals surface area contributed by atoms with Crippen LogP contribution in [0.4, 0.5) is 0 Å². The van der Waals surface area contributed by atoms with Crippen LogP contribution in [0.15, 0.2) is 55.0 Å². The number of nitrogens with one attached hydrogen (secondary N) is 1. The lowest BCUT2D eigenvalue weighted by Gasteiger charge is -2.05. The van der Waals surface area contributed by atoms with E-state index in [0.717, 1.165) is 25.2 Å². The first-order chi connectivity index (χ1) is 9.85. The van der Waals surface area contributed by atoms with E-state index in [2.05, 4.69) is 64.5 Å². The van der Waals surface area contributed by atoms with Crippen molar-refractivity contribution in [2.45, 2.75) is 20.0 Å². The predicted octanol–water partition coefficient (Wildman–Crippen LogP) is 3.19. The van der Waals surface area contributed by atoms with E-state index in [1.165, 1.54) is 16.5 Å². The zero-order valence-corrected chi connectivity index (χ0v) is 11.7. The molecule has 1 N–H and O–H groups in total. The third-order valence-corrected chi connectivity index (χ3v) is 3.42. The second-order valence-corrected chi connectivity index (χ2v) is 5.00. The third-order valence-electron chi connectivity index (χ3n) is 3.42. The van der Waals surface area contributed by atoms with Crippen molar-refractivity contribution in [3.8, 4) is 0 Å². The molecule has 3 rings (SSSR count). The Bertz CT molecular complexity index is 700. The van der Waals surface area contributed by atoms with E-state index in [4.69, 9.17) is 0 Å². The minimum Gasteiger partial charge on any atom is -0.350 e. The predicted molar refractivity (Wildman–Crippen MR) is 82.7 cm³/mol. The molecule has 2 aromatic heterocycles. The van der Waals surface area contributed by atoms with Crippen molar-refractivity contribution in [3.63, 3.8) is 0 Å². The molecule has 3 nitrogen and oxygen atoms in total. The highest BCUT2D eigenvalue weighted by Gasteiger charge is 2.00. The van der Waals surface area contributed by atoms with E-state index in [-0.39, 0.29) is 0 Å². The van der Waals surface area contributed by atoms with Crippen LogP contribution in [0, 0.1) is 0 Å². The number of benzene rings is 1. The van der Waals surface area contributed by atoms with Gasteiger partial charge in [-0.3, -0.25) is 4.98 Å². The van der Waals surface area contributed by atoms with E-state index in [0.29, 0.717) is 0 Å². The molecule has 0 spiro atoms. The van der Waals surface area contributed by atoms with Gasteiger partial charge in [0.1, 0.15) is 0 Å². The molecule has 0 bridgehead atoms. The number of pyridine rings is 1. The summed E-state index contributed by atoms with van der Waals surface area (Å²) in [5, 5.41) is 4.54. The summed E-state index contributed by atoms with van der Waals surface area (Å²) in [6, 6.07) is 12.7. The maximum Gasteiger partial charge on any atom is 0.0702 e. The Balaban J connectivity index is 1.76. The minimum absolute atomic E-state index is 0.900. The molecule has 0 atom stereocenters.